The molecule has 2 heterocycles. The Hall–Kier alpha value is -6.03. The molecule has 50 heavy (non-hydrogen) atoms. The van der Waals surface area contributed by atoms with Crippen LogP contribution in [-0.4, -0.2) is 9.55 Å². The van der Waals surface area contributed by atoms with Crippen LogP contribution < -0.4 is 0 Å². The standard InChI is InChI=1S/C47H32N2S/c1-2-45-48-40-19-9-11-21-42(40)49(45)41-20-10-7-13-33(41)30-23-25-31(26-24-30)46-35-15-3-5-17-37(35)47(38-18-6-4-16-36(38)46)32-27-28-44-39(29-32)34-14-8-12-22-43(34)50-44/h3-29H,2H2,1H3/i1D3,2D2. The second kappa shape index (κ2) is 11.5. The first-order valence-corrected chi connectivity index (χ1v) is 17.5. The molecule has 10 rings (SSSR count). The van der Waals surface area contributed by atoms with Gasteiger partial charge in [-0.2, -0.15) is 0 Å². The first-order valence-electron chi connectivity index (χ1n) is 19.2. The zero-order valence-corrected chi connectivity index (χ0v) is 27.7. The normalized spacial score (nSPS) is 13.8. The molecule has 0 atom stereocenters. The third kappa shape index (κ3) is 4.44. The van der Waals surface area contributed by atoms with Crippen LogP contribution >= 0.6 is 11.3 Å². The van der Waals surface area contributed by atoms with Crippen molar-refractivity contribution in [2.24, 2.45) is 0 Å². The maximum atomic E-state index is 8.72. The van der Waals surface area contributed by atoms with Gasteiger partial charge in [0.05, 0.1) is 16.7 Å². The Bertz CT molecular complexity index is 3060. The number of aromatic nitrogens is 2. The molecule has 0 radical (unpaired) electrons. The number of para-hydroxylation sites is 3. The fraction of sp³-hybridized carbons (Fsp3) is 0.0426. The Balaban J connectivity index is 1.14. The highest BCUT2D eigenvalue weighted by Gasteiger charge is 2.19. The summed E-state index contributed by atoms with van der Waals surface area (Å²) in [6.07, 6.45) is -2.69. The summed E-state index contributed by atoms with van der Waals surface area (Å²) in [5.74, 6) is -0.151. The van der Waals surface area contributed by atoms with Crippen molar-refractivity contribution < 1.29 is 6.85 Å². The van der Waals surface area contributed by atoms with Crippen molar-refractivity contribution in [3.8, 4) is 39.1 Å². The first-order chi connectivity index (χ1) is 26.7. The minimum Gasteiger partial charge on any atom is -0.296 e. The van der Waals surface area contributed by atoms with Crippen molar-refractivity contribution in [2.45, 2.75) is 13.2 Å². The molecular formula is C47H32N2S. The molecule has 0 spiro atoms. The fourth-order valence-corrected chi connectivity index (χ4v) is 8.80. The summed E-state index contributed by atoms with van der Waals surface area (Å²) < 4.78 is 45.9. The summed E-state index contributed by atoms with van der Waals surface area (Å²) in [6.45, 7) is -2.92. The quantitative estimate of drug-likeness (QED) is 0.168. The van der Waals surface area contributed by atoms with Gasteiger partial charge < -0.3 is 0 Å². The summed E-state index contributed by atoms with van der Waals surface area (Å²) in [4.78, 5) is 4.56. The Morgan fingerprint density at radius 3 is 1.84 bits per heavy atom. The number of hydrogen-bond acceptors (Lipinski definition) is 2. The molecule has 0 unspecified atom stereocenters. The fourth-order valence-electron chi connectivity index (χ4n) is 7.71. The third-order valence-corrected chi connectivity index (χ3v) is 11.1. The lowest BCUT2D eigenvalue weighted by molar-refractivity contribution is 0.909. The van der Waals surface area contributed by atoms with Gasteiger partial charge in [0.2, 0.25) is 0 Å². The van der Waals surface area contributed by atoms with E-state index in [9.17, 15) is 0 Å². The van der Waals surface area contributed by atoms with Crippen LogP contribution in [0.3, 0.4) is 0 Å². The zero-order valence-electron chi connectivity index (χ0n) is 31.9. The molecule has 0 aliphatic rings. The van der Waals surface area contributed by atoms with Crippen LogP contribution in [0.25, 0.3) is 91.8 Å². The molecule has 236 valence electrons. The second-order valence-electron chi connectivity index (χ2n) is 12.6. The highest BCUT2D eigenvalue weighted by molar-refractivity contribution is 7.25. The lowest BCUT2D eigenvalue weighted by atomic mass is 9.85. The number of imidazole rings is 1. The third-order valence-electron chi connectivity index (χ3n) is 9.90. The van der Waals surface area contributed by atoms with Crippen molar-refractivity contribution in [1.82, 2.24) is 9.55 Å². The zero-order chi connectivity index (χ0) is 37.5. The van der Waals surface area contributed by atoms with E-state index in [4.69, 9.17) is 6.85 Å². The van der Waals surface area contributed by atoms with Gasteiger partial charge >= 0.3 is 0 Å². The van der Waals surface area contributed by atoms with E-state index in [1.165, 1.54) is 52.8 Å². The molecule has 0 saturated carbocycles. The average molecular weight is 662 g/mol. The average Bonchev–Trinajstić information content (AvgIpc) is 3.79. The lowest BCUT2D eigenvalue weighted by Crippen LogP contribution is -2.02. The Labute approximate surface area is 301 Å². The number of thiophene rings is 1. The lowest BCUT2D eigenvalue weighted by Gasteiger charge is -2.18. The Morgan fingerprint density at radius 1 is 0.540 bits per heavy atom. The second-order valence-corrected chi connectivity index (χ2v) is 13.7. The molecule has 2 aromatic heterocycles. The monoisotopic (exact) mass is 661 g/mol. The molecule has 2 nitrogen and oxygen atoms in total. The van der Waals surface area contributed by atoms with Gasteiger partial charge in [-0.15, -0.1) is 11.3 Å². The number of nitrogens with zero attached hydrogens (tertiary/aromatic N) is 2. The SMILES string of the molecule is [2H]C([2H])([2H])C([2H])([2H])c1nc2ccccc2n1-c1ccccc1-c1ccc(-c2c3ccccc3c(-c3ccc4sc5ccccc5c4c3)c3ccccc23)cc1. The number of benzene rings is 8. The molecule has 10 aromatic rings. The van der Waals surface area contributed by atoms with E-state index in [2.05, 4.69) is 120 Å². The number of hydrogen-bond donors (Lipinski definition) is 0. The van der Waals surface area contributed by atoms with Gasteiger partial charge in [-0.05, 0) is 85.8 Å². The van der Waals surface area contributed by atoms with Crippen LogP contribution in [0.1, 0.15) is 19.5 Å². The van der Waals surface area contributed by atoms with Crippen LogP contribution in [0, 0.1) is 0 Å². The summed E-state index contributed by atoms with van der Waals surface area (Å²) in [5.41, 5.74) is 8.22. The van der Waals surface area contributed by atoms with Crippen molar-refractivity contribution >= 4 is 64.1 Å². The van der Waals surface area contributed by atoms with Crippen LogP contribution in [-0.2, 0) is 6.37 Å². The van der Waals surface area contributed by atoms with Crippen LogP contribution in [0.5, 0.6) is 0 Å². The predicted octanol–water partition coefficient (Wildman–Crippen LogP) is 13.3. The van der Waals surface area contributed by atoms with Gasteiger partial charge in [-0.3, -0.25) is 4.57 Å². The first kappa shape index (κ1) is 24.2. The largest absolute Gasteiger partial charge is 0.296 e. The van der Waals surface area contributed by atoms with Gasteiger partial charge in [0.15, 0.2) is 0 Å². The minimum atomic E-state index is -2.92. The molecule has 0 N–H and O–H groups in total. The summed E-state index contributed by atoms with van der Waals surface area (Å²) in [6, 6.07) is 56.3. The van der Waals surface area contributed by atoms with Crippen molar-refractivity contribution in [3.63, 3.8) is 0 Å². The van der Waals surface area contributed by atoms with Crippen molar-refractivity contribution in [1.29, 1.82) is 0 Å². The molecule has 0 saturated heterocycles. The number of aryl methyl sites for hydroxylation is 1. The molecule has 0 amide bonds. The van der Waals surface area contributed by atoms with Crippen molar-refractivity contribution in [3.05, 3.63) is 170 Å². The van der Waals surface area contributed by atoms with Gasteiger partial charge in [0, 0.05) is 39.0 Å². The highest BCUT2D eigenvalue weighted by Crippen LogP contribution is 2.45. The van der Waals surface area contributed by atoms with Gasteiger partial charge in [0.25, 0.3) is 0 Å². The maximum Gasteiger partial charge on any atom is 0.114 e. The molecule has 0 fully saturated rings. The number of rotatable bonds is 5. The van der Waals surface area contributed by atoms with Crippen molar-refractivity contribution in [2.75, 3.05) is 0 Å². The van der Waals surface area contributed by atoms with E-state index in [0.717, 1.165) is 22.3 Å². The minimum absolute atomic E-state index is 0.151. The van der Waals surface area contributed by atoms with E-state index < -0.39 is 13.2 Å². The van der Waals surface area contributed by atoms with Crippen LogP contribution in [0.4, 0.5) is 0 Å². The molecular weight excluding hydrogens is 625 g/mol. The van der Waals surface area contributed by atoms with Gasteiger partial charge in [-0.1, -0.05) is 134 Å². The summed E-state index contributed by atoms with van der Waals surface area (Å²) in [7, 11) is 0. The topological polar surface area (TPSA) is 17.8 Å². The van der Waals surface area contributed by atoms with Gasteiger partial charge in [-0.25, -0.2) is 4.98 Å². The summed E-state index contributed by atoms with van der Waals surface area (Å²) in [5, 5.41) is 7.27. The van der Waals surface area contributed by atoms with Crippen LogP contribution in [0.2, 0.25) is 0 Å². The van der Waals surface area contributed by atoms with E-state index in [-0.39, 0.29) is 5.82 Å². The Morgan fingerprint density at radius 2 is 1.10 bits per heavy atom. The summed E-state index contributed by atoms with van der Waals surface area (Å²) >= 11 is 1.83. The predicted molar refractivity (Wildman–Crippen MR) is 215 cm³/mol. The maximum absolute atomic E-state index is 8.72. The van der Waals surface area contributed by atoms with E-state index in [1.54, 1.807) is 10.6 Å². The molecule has 0 bridgehead atoms. The molecule has 0 aliphatic carbocycles. The molecule has 3 heteroatoms. The van der Waals surface area contributed by atoms with E-state index >= 15 is 0 Å². The highest BCUT2D eigenvalue weighted by atomic mass is 32.1. The molecule has 0 aliphatic heterocycles. The Kier molecular flexibility index (Phi) is 5.58. The van der Waals surface area contributed by atoms with Crippen LogP contribution in [0.15, 0.2) is 164 Å². The smallest absolute Gasteiger partial charge is 0.114 e. The van der Waals surface area contributed by atoms with E-state index in [1.807, 2.05) is 53.8 Å². The molecule has 8 aromatic carbocycles. The van der Waals surface area contributed by atoms with E-state index in [0.29, 0.717) is 16.7 Å². The van der Waals surface area contributed by atoms with Gasteiger partial charge in [0.1, 0.15) is 5.82 Å². The number of fused-ring (bicyclic) bond motifs is 6.